The zero-order chi connectivity index (χ0) is 18.9. The molecule has 2 amide bonds. The number of para-hydroxylation sites is 1. The molecule has 1 unspecified atom stereocenters. The van der Waals surface area contributed by atoms with Gasteiger partial charge in [-0.2, -0.15) is 13.2 Å². The number of rotatable bonds is 3. The summed E-state index contributed by atoms with van der Waals surface area (Å²) in [6.45, 7) is -1.27. The van der Waals surface area contributed by atoms with E-state index >= 15 is 0 Å². The van der Waals surface area contributed by atoms with Gasteiger partial charge in [0.2, 0.25) is 5.91 Å². The molecular weight excluding hydrogens is 353 g/mol. The molecule has 1 aliphatic rings. The molecule has 1 fully saturated rings. The van der Waals surface area contributed by atoms with Crippen LogP contribution >= 0.6 is 0 Å². The Morgan fingerprint density at radius 3 is 2.73 bits per heavy atom. The van der Waals surface area contributed by atoms with Crippen LogP contribution in [0.4, 0.5) is 13.2 Å². The third kappa shape index (κ3) is 3.71. The van der Waals surface area contributed by atoms with Crippen molar-refractivity contribution >= 4 is 22.8 Å². The van der Waals surface area contributed by atoms with Gasteiger partial charge in [-0.25, -0.2) is 0 Å². The molecule has 6 nitrogen and oxygen atoms in total. The van der Waals surface area contributed by atoms with Gasteiger partial charge < -0.3 is 14.6 Å². The van der Waals surface area contributed by atoms with Gasteiger partial charge in [0.05, 0.1) is 5.39 Å². The average Bonchev–Trinajstić information content (AvgIpc) is 3.08. The Hall–Kier alpha value is -2.84. The molecule has 0 saturated carbocycles. The van der Waals surface area contributed by atoms with Crippen molar-refractivity contribution in [3.8, 4) is 0 Å². The van der Waals surface area contributed by atoms with Crippen LogP contribution in [-0.4, -0.2) is 42.0 Å². The number of hydrogen-bond donors (Lipinski definition) is 1. The molecule has 0 spiro atoms. The van der Waals surface area contributed by atoms with E-state index < -0.39 is 36.0 Å². The van der Waals surface area contributed by atoms with Crippen molar-refractivity contribution in [2.75, 3.05) is 13.1 Å². The number of likely N-dealkylation sites (tertiary alicyclic amines) is 1. The van der Waals surface area contributed by atoms with Crippen molar-refractivity contribution in [1.29, 1.82) is 0 Å². The summed E-state index contributed by atoms with van der Waals surface area (Å²) in [5, 5.41) is 2.10. The first kappa shape index (κ1) is 18.0. The Balaban J connectivity index is 1.82. The molecule has 1 atom stereocenters. The predicted octanol–water partition coefficient (Wildman–Crippen LogP) is 2.08. The Kier molecular flexibility index (Phi) is 4.71. The second kappa shape index (κ2) is 6.81. The van der Waals surface area contributed by atoms with Crippen molar-refractivity contribution < 1.29 is 27.2 Å². The van der Waals surface area contributed by atoms with E-state index in [4.69, 9.17) is 4.42 Å². The van der Waals surface area contributed by atoms with Crippen LogP contribution in [0.2, 0.25) is 0 Å². The van der Waals surface area contributed by atoms with Crippen molar-refractivity contribution in [3.63, 3.8) is 0 Å². The maximum atomic E-state index is 12.6. The van der Waals surface area contributed by atoms with Crippen LogP contribution in [0.5, 0.6) is 0 Å². The lowest BCUT2D eigenvalue weighted by Crippen LogP contribution is -2.48. The van der Waals surface area contributed by atoms with Gasteiger partial charge in [-0.3, -0.25) is 14.4 Å². The topological polar surface area (TPSA) is 79.6 Å². The summed E-state index contributed by atoms with van der Waals surface area (Å²) < 4.78 is 42.3. The van der Waals surface area contributed by atoms with Gasteiger partial charge in [0.1, 0.15) is 18.2 Å². The maximum Gasteiger partial charge on any atom is 0.405 e. The number of nitrogens with zero attached hydrogens (tertiary/aromatic N) is 1. The van der Waals surface area contributed by atoms with E-state index in [1.807, 2.05) is 0 Å². The first-order valence-electron chi connectivity index (χ1n) is 7.94. The number of nitrogens with one attached hydrogen (secondary N) is 1. The number of halogens is 3. The second-order valence-corrected chi connectivity index (χ2v) is 5.96. The summed E-state index contributed by atoms with van der Waals surface area (Å²) in [6, 6.07) is 6.39. The number of benzene rings is 1. The van der Waals surface area contributed by atoms with E-state index in [1.165, 1.54) is 6.07 Å². The Bertz CT molecular complexity index is 907. The Labute approximate surface area is 145 Å². The molecule has 1 aliphatic heterocycles. The lowest BCUT2D eigenvalue weighted by atomic mass is 10.2. The molecule has 2 heterocycles. The molecule has 138 valence electrons. The van der Waals surface area contributed by atoms with E-state index in [9.17, 15) is 27.6 Å². The van der Waals surface area contributed by atoms with Gasteiger partial charge in [0.25, 0.3) is 5.91 Å². The highest BCUT2D eigenvalue weighted by atomic mass is 19.4. The summed E-state index contributed by atoms with van der Waals surface area (Å²) in [4.78, 5) is 37.9. The second-order valence-electron chi connectivity index (χ2n) is 5.96. The number of amides is 2. The van der Waals surface area contributed by atoms with Gasteiger partial charge in [-0.05, 0) is 25.0 Å². The molecule has 1 N–H and O–H groups in total. The van der Waals surface area contributed by atoms with E-state index in [1.54, 1.807) is 23.5 Å². The van der Waals surface area contributed by atoms with E-state index in [0.29, 0.717) is 11.8 Å². The third-order valence-corrected chi connectivity index (χ3v) is 4.12. The van der Waals surface area contributed by atoms with Crippen LogP contribution in [-0.2, 0) is 4.79 Å². The summed E-state index contributed by atoms with van der Waals surface area (Å²) >= 11 is 0. The minimum absolute atomic E-state index is 0.194. The van der Waals surface area contributed by atoms with Gasteiger partial charge in [0.15, 0.2) is 11.2 Å². The maximum absolute atomic E-state index is 12.6. The summed E-state index contributed by atoms with van der Waals surface area (Å²) in [5.41, 5.74) is -0.187. The van der Waals surface area contributed by atoms with Crippen LogP contribution in [0, 0.1) is 0 Å². The molecule has 0 aliphatic carbocycles. The van der Waals surface area contributed by atoms with E-state index in [2.05, 4.69) is 0 Å². The number of hydrogen-bond acceptors (Lipinski definition) is 4. The molecular formula is C17H15F3N2O4. The molecule has 1 saturated heterocycles. The molecule has 9 heteroatoms. The lowest BCUT2D eigenvalue weighted by molar-refractivity contribution is -0.140. The monoisotopic (exact) mass is 368 g/mol. The molecule has 0 bridgehead atoms. The molecule has 2 aromatic rings. The predicted molar refractivity (Wildman–Crippen MR) is 85.6 cm³/mol. The number of carbonyl (C=O) groups is 2. The minimum Gasteiger partial charge on any atom is -0.451 e. The smallest absolute Gasteiger partial charge is 0.405 e. The fraction of sp³-hybridized carbons (Fsp3) is 0.353. The summed E-state index contributed by atoms with van der Waals surface area (Å²) in [6.07, 6.45) is -3.82. The first-order valence-corrected chi connectivity index (χ1v) is 7.94. The van der Waals surface area contributed by atoms with Gasteiger partial charge in [-0.15, -0.1) is 0 Å². The van der Waals surface area contributed by atoms with E-state index in [-0.39, 0.29) is 24.3 Å². The van der Waals surface area contributed by atoms with Crippen molar-refractivity contribution in [2.45, 2.75) is 25.1 Å². The molecule has 26 heavy (non-hydrogen) atoms. The highest BCUT2D eigenvalue weighted by Gasteiger charge is 2.37. The quantitative estimate of drug-likeness (QED) is 0.900. The van der Waals surface area contributed by atoms with Crippen LogP contribution in [0.15, 0.2) is 39.5 Å². The minimum atomic E-state index is -4.53. The number of alkyl halides is 3. The Morgan fingerprint density at radius 2 is 2.00 bits per heavy atom. The van der Waals surface area contributed by atoms with Crippen molar-refractivity contribution in [2.24, 2.45) is 0 Å². The normalized spacial score (nSPS) is 17.5. The third-order valence-electron chi connectivity index (χ3n) is 4.12. The van der Waals surface area contributed by atoms with E-state index in [0.717, 1.165) is 11.0 Å². The SMILES string of the molecule is O=C(NCC(F)(F)F)C1CCCN1C(=O)c1cc(=O)c2ccccc2o1. The summed E-state index contributed by atoms with van der Waals surface area (Å²) in [5.74, 6) is -1.82. The first-order chi connectivity index (χ1) is 12.3. The fourth-order valence-corrected chi connectivity index (χ4v) is 2.94. The largest absolute Gasteiger partial charge is 0.451 e. The average molecular weight is 368 g/mol. The number of carbonyl (C=O) groups excluding carboxylic acids is 2. The van der Waals surface area contributed by atoms with Crippen molar-refractivity contribution in [1.82, 2.24) is 10.2 Å². The lowest BCUT2D eigenvalue weighted by Gasteiger charge is -2.23. The fourth-order valence-electron chi connectivity index (χ4n) is 2.94. The highest BCUT2D eigenvalue weighted by Crippen LogP contribution is 2.22. The van der Waals surface area contributed by atoms with Gasteiger partial charge in [0, 0.05) is 12.6 Å². The zero-order valence-electron chi connectivity index (χ0n) is 13.5. The number of fused-ring (bicyclic) bond motifs is 1. The summed E-state index contributed by atoms with van der Waals surface area (Å²) in [7, 11) is 0. The van der Waals surface area contributed by atoms with Crippen molar-refractivity contribution in [3.05, 3.63) is 46.3 Å². The standard InChI is InChI=1S/C17H15F3N2O4/c18-17(19,20)9-21-15(24)11-5-3-7-22(11)16(25)14-8-12(23)10-4-1-2-6-13(10)26-14/h1-2,4,6,8,11H,3,5,7,9H2,(H,21,24). The van der Waals surface area contributed by atoms with Crippen LogP contribution in [0.1, 0.15) is 23.4 Å². The zero-order valence-corrected chi connectivity index (χ0v) is 13.5. The molecule has 0 radical (unpaired) electrons. The Morgan fingerprint density at radius 1 is 1.27 bits per heavy atom. The molecule has 1 aromatic carbocycles. The van der Waals surface area contributed by atoms with Gasteiger partial charge in [-0.1, -0.05) is 12.1 Å². The van der Waals surface area contributed by atoms with Gasteiger partial charge >= 0.3 is 6.18 Å². The van der Waals surface area contributed by atoms with Crippen LogP contribution < -0.4 is 10.7 Å². The molecule has 3 rings (SSSR count). The van der Waals surface area contributed by atoms with Crippen LogP contribution in [0.3, 0.4) is 0 Å². The van der Waals surface area contributed by atoms with Crippen LogP contribution in [0.25, 0.3) is 11.0 Å². The highest BCUT2D eigenvalue weighted by molar-refractivity contribution is 5.97. The molecule has 1 aromatic heterocycles.